The lowest BCUT2D eigenvalue weighted by molar-refractivity contribution is -0.155. The third-order valence-electron chi connectivity index (χ3n) is 5.56. The standard InChI is InChI=1S/C21H27FN4O3/c1-15-23-10-17(24-15)11-25-8-6-18(7-9-25)26-12-20(29-14-21(26)27)13-28-19-4-2-16(22)3-5-19/h2-5,10,18,20H,6-9,11-14H2,1H3,(H,23,24). The summed E-state index contributed by atoms with van der Waals surface area (Å²) in [6.45, 7) is 5.67. The number of likely N-dealkylation sites (tertiary alicyclic amines) is 1. The number of aromatic nitrogens is 2. The van der Waals surface area contributed by atoms with Gasteiger partial charge in [0.25, 0.3) is 0 Å². The smallest absolute Gasteiger partial charge is 0.248 e. The summed E-state index contributed by atoms with van der Waals surface area (Å²) in [7, 11) is 0. The highest BCUT2D eigenvalue weighted by Crippen LogP contribution is 2.22. The maximum atomic E-state index is 13.0. The van der Waals surface area contributed by atoms with Crippen LogP contribution in [-0.2, 0) is 16.1 Å². The van der Waals surface area contributed by atoms with Crippen molar-refractivity contribution in [3.63, 3.8) is 0 Å². The van der Waals surface area contributed by atoms with Crippen molar-refractivity contribution in [2.24, 2.45) is 0 Å². The monoisotopic (exact) mass is 402 g/mol. The number of ether oxygens (including phenoxy) is 2. The van der Waals surface area contributed by atoms with E-state index in [0.29, 0.717) is 18.9 Å². The van der Waals surface area contributed by atoms with Gasteiger partial charge in [0, 0.05) is 37.6 Å². The first kappa shape index (κ1) is 19.8. The number of hydrogen-bond acceptors (Lipinski definition) is 5. The van der Waals surface area contributed by atoms with Gasteiger partial charge in [-0.3, -0.25) is 9.69 Å². The van der Waals surface area contributed by atoms with Crippen molar-refractivity contribution in [3.05, 3.63) is 47.8 Å². The minimum atomic E-state index is -0.294. The molecule has 0 spiro atoms. The van der Waals surface area contributed by atoms with Crippen LogP contribution in [0.4, 0.5) is 4.39 Å². The first-order valence-electron chi connectivity index (χ1n) is 10.1. The quantitative estimate of drug-likeness (QED) is 0.802. The SMILES string of the molecule is Cc1ncc(CN2CCC(N3CC(COc4ccc(F)cc4)OCC3=O)CC2)[nH]1. The first-order chi connectivity index (χ1) is 14.1. The molecule has 0 bridgehead atoms. The molecule has 2 aliphatic heterocycles. The molecule has 0 saturated carbocycles. The van der Waals surface area contributed by atoms with Crippen LogP contribution in [0.2, 0.25) is 0 Å². The molecule has 1 aromatic carbocycles. The second kappa shape index (κ2) is 8.92. The summed E-state index contributed by atoms with van der Waals surface area (Å²) in [5.74, 6) is 1.28. The van der Waals surface area contributed by atoms with E-state index in [1.54, 1.807) is 12.1 Å². The Bertz CT molecular complexity index is 818. The average Bonchev–Trinajstić information content (AvgIpc) is 3.14. The zero-order valence-corrected chi connectivity index (χ0v) is 16.6. The van der Waals surface area contributed by atoms with Gasteiger partial charge in [0.05, 0.1) is 6.54 Å². The van der Waals surface area contributed by atoms with Gasteiger partial charge in [-0.1, -0.05) is 0 Å². The van der Waals surface area contributed by atoms with E-state index >= 15 is 0 Å². The zero-order chi connectivity index (χ0) is 20.2. The topological polar surface area (TPSA) is 70.7 Å². The second-order valence-electron chi connectivity index (χ2n) is 7.75. The predicted octanol–water partition coefficient (Wildman–Crippen LogP) is 2.13. The summed E-state index contributed by atoms with van der Waals surface area (Å²) in [6, 6.07) is 6.16. The van der Waals surface area contributed by atoms with E-state index in [-0.39, 0.29) is 30.5 Å². The Morgan fingerprint density at radius 2 is 2.03 bits per heavy atom. The number of nitrogens with one attached hydrogen (secondary N) is 1. The number of amides is 1. The lowest BCUT2D eigenvalue weighted by atomic mass is 10.0. The Balaban J connectivity index is 1.26. The Hall–Kier alpha value is -2.45. The van der Waals surface area contributed by atoms with Crippen molar-refractivity contribution < 1.29 is 18.7 Å². The van der Waals surface area contributed by atoms with Gasteiger partial charge in [0.1, 0.15) is 36.7 Å². The largest absolute Gasteiger partial charge is 0.491 e. The Kier molecular flexibility index (Phi) is 6.10. The molecule has 0 radical (unpaired) electrons. The van der Waals surface area contributed by atoms with E-state index in [1.165, 1.54) is 12.1 Å². The number of carbonyl (C=O) groups excluding carboxylic acids is 1. The van der Waals surface area contributed by atoms with Gasteiger partial charge in [-0.05, 0) is 44.0 Å². The average molecular weight is 402 g/mol. The molecular weight excluding hydrogens is 375 g/mol. The van der Waals surface area contributed by atoms with Crippen molar-refractivity contribution in [3.8, 4) is 5.75 Å². The molecule has 2 saturated heterocycles. The van der Waals surface area contributed by atoms with Crippen LogP contribution in [0.25, 0.3) is 0 Å². The third kappa shape index (κ3) is 5.13. The van der Waals surface area contributed by atoms with E-state index in [0.717, 1.165) is 44.0 Å². The van der Waals surface area contributed by atoms with E-state index in [1.807, 2.05) is 18.0 Å². The number of H-pyrrole nitrogens is 1. The molecule has 2 aliphatic rings. The molecule has 1 unspecified atom stereocenters. The highest BCUT2D eigenvalue weighted by atomic mass is 19.1. The maximum Gasteiger partial charge on any atom is 0.248 e. The Morgan fingerprint density at radius 3 is 2.72 bits per heavy atom. The molecule has 2 fully saturated rings. The molecule has 29 heavy (non-hydrogen) atoms. The number of morpholine rings is 1. The molecule has 3 heterocycles. The van der Waals surface area contributed by atoms with Crippen LogP contribution in [0.5, 0.6) is 5.75 Å². The lowest BCUT2D eigenvalue weighted by Crippen LogP contribution is -2.55. The number of nitrogens with zero attached hydrogens (tertiary/aromatic N) is 3. The molecule has 2 aromatic rings. The minimum absolute atomic E-state index is 0.0469. The van der Waals surface area contributed by atoms with E-state index < -0.39 is 0 Å². The summed E-state index contributed by atoms with van der Waals surface area (Å²) in [5.41, 5.74) is 1.13. The first-order valence-corrected chi connectivity index (χ1v) is 10.1. The maximum absolute atomic E-state index is 13.0. The van der Waals surface area contributed by atoms with Gasteiger partial charge in [-0.25, -0.2) is 9.37 Å². The van der Waals surface area contributed by atoms with Gasteiger partial charge >= 0.3 is 0 Å². The van der Waals surface area contributed by atoms with Crippen LogP contribution < -0.4 is 4.74 Å². The molecule has 1 amide bonds. The molecule has 0 aliphatic carbocycles. The van der Waals surface area contributed by atoms with Crippen molar-refractivity contribution in [1.29, 1.82) is 0 Å². The zero-order valence-electron chi connectivity index (χ0n) is 16.6. The summed E-state index contributed by atoms with van der Waals surface area (Å²) in [6.07, 6.45) is 3.61. The number of halogens is 1. The Labute approximate surface area is 169 Å². The summed E-state index contributed by atoms with van der Waals surface area (Å²) in [5, 5.41) is 0. The van der Waals surface area contributed by atoms with Crippen LogP contribution in [0, 0.1) is 12.7 Å². The molecular formula is C21H27FN4O3. The number of rotatable bonds is 6. The highest BCUT2D eigenvalue weighted by Gasteiger charge is 2.33. The molecule has 1 atom stereocenters. The van der Waals surface area contributed by atoms with Gasteiger partial charge in [-0.2, -0.15) is 0 Å². The number of aryl methyl sites for hydroxylation is 1. The van der Waals surface area contributed by atoms with Crippen LogP contribution in [0.1, 0.15) is 24.4 Å². The number of aromatic amines is 1. The van der Waals surface area contributed by atoms with Gasteiger partial charge in [0.2, 0.25) is 5.91 Å². The van der Waals surface area contributed by atoms with Gasteiger partial charge in [-0.15, -0.1) is 0 Å². The lowest BCUT2D eigenvalue weighted by Gasteiger charge is -2.42. The molecule has 1 aromatic heterocycles. The van der Waals surface area contributed by atoms with Crippen molar-refractivity contribution >= 4 is 5.91 Å². The summed E-state index contributed by atoms with van der Waals surface area (Å²) >= 11 is 0. The third-order valence-corrected chi connectivity index (χ3v) is 5.56. The van der Waals surface area contributed by atoms with E-state index in [4.69, 9.17) is 9.47 Å². The number of hydrogen-bond donors (Lipinski definition) is 1. The van der Waals surface area contributed by atoms with Crippen LogP contribution in [0.15, 0.2) is 30.5 Å². The fourth-order valence-electron chi connectivity index (χ4n) is 4.00. The van der Waals surface area contributed by atoms with Crippen molar-refractivity contribution in [2.75, 3.05) is 32.8 Å². The number of imidazole rings is 1. The molecule has 8 heteroatoms. The highest BCUT2D eigenvalue weighted by molar-refractivity contribution is 5.78. The normalized spacial score (nSPS) is 21.5. The van der Waals surface area contributed by atoms with E-state index in [2.05, 4.69) is 14.9 Å². The minimum Gasteiger partial charge on any atom is -0.491 e. The van der Waals surface area contributed by atoms with Crippen LogP contribution >= 0.6 is 0 Å². The Morgan fingerprint density at radius 1 is 1.28 bits per heavy atom. The fraction of sp³-hybridized carbons (Fsp3) is 0.524. The molecule has 1 N–H and O–H groups in total. The number of carbonyl (C=O) groups is 1. The predicted molar refractivity (Wildman–Crippen MR) is 105 cm³/mol. The molecule has 156 valence electrons. The summed E-state index contributed by atoms with van der Waals surface area (Å²) < 4.78 is 24.4. The summed E-state index contributed by atoms with van der Waals surface area (Å²) in [4.78, 5) is 24.3. The molecule has 7 nitrogen and oxygen atoms in total. The van der Waals surface area contributed by atoms with Crippen LogP contribution in [0.3, 0.4) is 0 Å². The fourth-order valence-corrected chi connectivity index (χ4v) is 4.00. The van der Waals surface area contributed by atoms with E-state index in [9.17, 15) is 9.18 Å². The number of benzene rings is 1. The second-order valence-corrected chi connectivity index (χ2v) is 7.75. The number of piperidine rings is 1. The van der Waals surface area contributed by atoms with Crippen molar-refractivity contribution in [2.45, 2.75) is 38.5 Å². The van der Waals surface area contributed by atoms with Gasteiger partial charge in [0.15, 0.2) is 0 Å². The molecule has 4 rings (SSSR count). The van der Waals surface area contributed by atoms with Gasteiger partial charge < -0.3 is 19.4 Å². The van der Waals surface area contributed by atoms with Crippen molar-refractivity contribution in [1.82, 2.24) is 19.8 Å². The van der Waals surface area contributed by atoms with Crippen LogP contribution in [-0.4, -0.2) is 70.7 Å².